The summed E-state index contributed by atoms with van der Waals surface area (Å²) < 4.78 is 0. The zero-order chi connectivity index (χ0) is 19.2. The second kappa shape index (κ2) is 7.18. The molecule has 1 heterocycles. The standard InChI is InChI=1S/C24H31NOS/c1-15-21-18(14-19-22(21)24(19,2)3)23(27-15)20(26)12-11-17-9-7-16(8-10-17)6-5-13-25-4/h7-10,19,22,25H,5-6,11-14H2,1-4H3/t19-,22-/m1/s1. The van der Waals surface area contributed by atoms with Crippen molar-refractivity contribution in [2.24, 2.45) is 11.3 Å². The van der Waals surface area contributed by atoms with Gasteiger partial charge < -0.3 is 5.32 Å². The Hall–Kier alpha value is -1.45. The highest BCUT2D eigenvalue weighted by Gasteiger charge is 2.63. The zero-order valence-electron chi connectivity index (χ0n) is 17.0. The summed E-state index contributed by atoms with van der Waals surface area (Å²) >= 11 is 1.75. The van der Waals surface area contributed by atoms with Crippen LogP contribution in [0.5, 0.6) is 0 Å². The Morgan fingerprint density at radius 2 is 1.85 bits per heavy atom. The van der Waals surface area contributed by atoms with Gasteiger partial charge in [-0.1, -0.05) is 38.1 Å². The molecule has 0 bridgehead atoms. The number of hydrogen-bond donors (Lipinski definition) is 1. The van der Waals surface area contributed by atoms with Gasteiger partial charge in [0.25, 0.3) is 0 Å². The van der Waals surface area contributed by atoms with E-state index in [0.29, 0.717) is 23.5 Å². The fraction of sp³-hybridized carbons (Fsp3) is 0.542. The van der Waals surface area contributed by atoms with Gasteiger partial charge in [-0.3, -0.25) is 4.79 Å². The average Bonchev–Trinajstić information content (AvgIpc) is 2.97. The maximum absolute atomic E-state index is 12.9. The lowest BCUT2D eigenvalue weighted by Crippen LogP contribution is -2.08. The van der Waals surface area contributed by atoms with Gasteiger partial charge >= 0.3 is 0 Å². The minimum Gasteiger partial charge on any atom is -0.320 e. The summed E-state index contributed by atoms with van der Waals surface area (Å²) in [6.07, 6.45) is 4.87. The van der Waals surface area contributed by atoms with Crippen LogP contribution in [0.4, 0.5) is 0 Å². The number of rotatable bonds is 8. The van der Waals surface area contributed by atoms with Gasteiger partial charge in [-0.2, -0.15) is 0 Å². The van der Waals surface area contributed by atoms with Crippen molar-refractivity contribution in [3.63, 3.8) is 0 Å². The maximum Gasteiger partial charge on any atom is 0.173 e. The zero-order valence-corrected chi connectivity index (χ0v) is 17.8. The quantitative estimate of drug-likeness (QED) is 0.495. The number of thiophene rings is 1. The van der Waals surface area contributed by atoms with Crippen LogP contribution in [0, 0.1) is 18.3 Å². The van der Waals surface area contributed by atoms with E-state index in [0.717, 1.165) is 43.0 Å². The first-order chi connectivity index (χ1) is 12.9. The van der Waals surface area contributed by atoms with Crippen LogP contribution in [0.1, 0.15) is 69.4 Å². The van der Waals surface area contributed by atoms with Crippen molar-refractivity contribution >= 4 is 17.1 Å². The van der Waals surface area contributed by atoms with Crippen LogP contribution in [-0.2, 0) is 19.3 Å². The van der Waals surface area contributed by atoms with Crippen LogP contribution in [0.15, 0.2) is 24.3 Å². The number of carbonyl (C=O) groups is 1. The van der Waals surface area contributed by atoms with Crippen LogP contribution in [-0.4, -0.2) is 19.4 Å². The first kappa shape index (κ1) is 18.9. The van der Waals surface area contributed by atoms with Crippen molar-refractivity contribution in [1.82, 2.24) is 5.32 Å². The largest absolute Gasteiger partial charge is 0.320 e. The molecule has 1 N–H and O–H groups in total. The molecular formula is C24H31NOS. The summed E-state index contributed by atoms with van der Waals surface area (Å²) in [5, 5.41) is 3.19. The van der Waals surface area contributed by atoms with E-state index in [1.807, 2.05) is 7.05 Å². The van der Waals surface area contributed by atoms with Crippen molar-refractivity contribution in [2.45, 2.75) is 58.8 Å². The Morgan fingerprint density at radius 1 is 1.19 bits per heavy atom. The molecule has 2 nitrogen and oxygen atoms in total. The van der Waals surface area contributed by atoms with E-state index < -0.39 is 0 Å². The Labute approximate surface area is 167 Å². The molecule has 2 aliphatic rings. The SMILES string of the molecule is CNCCCc1ccc(CCC(=O)c2sc(C)c3c2C[C@@H]2[C@H]3C2(C)C)cc1. The second-order valence-corrected chi connectivity index (χ2v) is 10.2. The van der Waals surface area contributed by atoms with Crippen molar-refractivity contribution in [1.29, 1.82) is 0 Å². The molecule has 1 aromatic carbocycles. The molecule has 1 aromatic heterocycles. The highest BCUT2D eigenvalue weighted by atomic mass is 32.1. The number of carbonyl (C=O) groups excluding carboxylic acids is 1. The van der Waals surface area contributed by atoms with Crippen molar-refractivity contribution in [3.8, 4) is 0 Å². The summed E-state index contributed by atoms with van der Waals surface area (Å²) in [7, 11) is 1.99. The van der Waals surface area contributed by atoms with Crippen molar-refractivity contribution in [3.05, 3.63) is 56.3 Å². The summed E-state index contributed by atoms with van der Waals surface area (Å²) in [4.78, 5) is 15.4. The number of aryl methyl sites for hydroxylation is 3. The highest BCUT2D eigenvalue weighted by Crippen LogP contribution is 2.71. The maximum atomic E-state index is 12.9. The Morgan fingerprint density at radius 3 is 2.52 bits per heavy atom. The third kappa shape index (κ3) is 3.40. The molecule has 0 saturated heterocycles. The van der Waals surface area contributed by atoms with Crippen LogP contribution in [0.25, 0.3) is 0 Å². The van der Waals surface area contributed by atoms with Gasteiger partial charge in [0.2, 0.25) is 0 Å². The topological polar surface area (TPSA) is 29.1 Å². The van der Waals surface area contributed by atoms with Crippen LogP contribution < -0.4 is 5.32 Å². The van der Waals surface area contributed by atoms with E-state index in [4.69, 9.17) is 0 Å². The number of fused-ring (bicyclic) bond motifs is 3. The molecule has 4 rings (SSSR count). The lowest BCUT2D eigenvalue weighted by molar-refractivity contribution is 0.0986. The van der Waals surface area contributed by atoms with Gasteiger partial charge in [-0.15, -0.1) is 11.3 Å². The van der Waals surface area contributed by atoms with Crippen LogP contribution in [0.3, 0.4) is 0 Å². The smallest absolute Gasteiger partial charge is 0.173 e. The Balaban J connectivity index is 1.37. The number of ketones is 1. The van der Waals surface area contributed by atoms with E-state index in [1.54, 1.807) is 11.3 Å². The molecule has 0 spiro atoms. The predicted molar refractivity (Wildman–Crippen MR) is 114 cm³/mol. The third-order valence-electron chi connectivity index (χ3n) is 6.83. The Kier molecular flexibility index (Phi) is 5.02. The monoisotopic (exact) mass is 381 g/mol. The van der Waals surface area contributed by atoms with E-state index in [-0.39, 0.29) is 0 Å². The van der Waals surface area contributed by atoms with Gasteiger partial charge in [0, 0.05) is 11.3 Å². The average molecular weight is 382 g/mol. The number of nitrogens with one attached hydrogen (secondary N) is 1. The fourth-order valence-corrected chi connectivity index (χ4v) is 6.27. The molecule has 0 radical (unpaired) electrons. The molecule has 27 heavy (non-hydrogen) atoms. The molecular weight excluding hydrogens is 350 g/mol. The molecule has 144 valence electrons. The van der Waals surface area contributed by atoms with Crippen molar-refractivity contribution in [2.75, 3.05) is 13.6 Å². The minimum atomic E-state index is 0.349. The van der Waals surface area contributed by atoms with Crippen LogP contribution in [0.2, 0.25) is 0 Å². The second-order valence-electron chi connectivity index (χ2n) is 8.94. The third-order valence-corrected chi connectivity index (χ3v) is 8.03. The molecule has 0 unspecified atom stereocenters. The van der Waals surface area contributed by atoms with Gasteiger partial charge in [0.05, 0.1) is 4.88 Å². The molecule has 0 amide bonds. The number of benzene rings is 1. The summed E-state index contributed by atoms with van der Waals surface area (Å²) in [6.45, 7) is 8.03. The molecule has 1 fully saturated rings. The van der Waals surface area contributed by atoms with E-state index in [1.165, 1.54) is 27.1 Å². The molecule has 3 heteroatoms. The first-order valence-corrected chi connectivity index (χ1v) is 11.1. The lowest BCUT2D eigenvalue weighted by Gasteiger charge is -2.10. The summed E-state index contributed by atoms with van der Waals surface area (Å²) in [6, 6.07) is 8.84. The molecule has 0 aliphatic heterocycles. The highest BCUT2D eigenvalue weighted by molar-refractivity contribution is 7.14. The van der Waals surface area contributed by atoms with E-state index >= 15 is 0 Å². The first-order valence-electron chi connectivity index (χ1n) is 10.3. The molecule has 2 atom stereocenters. The predicted octanol–water partition coefficient (Wildman–Crippen LogP) is 5.32. The number of hydrogen-bond acceptors (Lipinski definition) is 3. The summed E-state index contributed by atoms with van der Waals surface area (Å²) in [5.74, 6) is 1.83. The van der Waals surface area contributed by atoms with E-state index in [9.17, 15) is 4.79 Å². The minimum absolute atomic E-state index is 0.349. The van der Waals surface area contributed by atoms with Gasteiger partial charge in [0.15, 0.2) is 5.78 Å². The van der Waals surface area contributed by atoms with Gasteiger partial charge in [-0.05, 0) is 85.7 Å². The Bertz CT molecular complexity index is 846. The lowest BCUT2D eigenvalue weighted by atomic mass is 9.94. The normalized spacial score (nSPS) is 21.8. The molecule has 2 aromatic rings. The van der Waals surface area contributed by atoms with Crippen LogP contribution >= 0.6 is 11.3 Å². The number of Topliss-reactive ketones (excluding diaryl/α,β-unsaturated/α-hetero) is 1. The van der Waals surface area contributed by atoms with Gasteiger partial charge in [-0.25, -0.2) is 0 Å². The van der Waals surface area contributed by atoms with Crippen molar-refractivity contribution < 1.29 is 4.79 Å². The van der Waals surface area contributed by atoms with Gasteiger partial charge in [0.1, 0.15) is 0 Å². The molecule has 1 saturated carbocycles. The summed E-state index contributed by atoms with van der Waals surface area (Å²) in [5.41, 5.74) is 6.04. The van der Waals surface area contributed by atoms with E-state index in [2.05, 4.69) is 50.4 Å². The molecule has 2 aliphatic carbocycles. The fourth-order valence-electron chi connectivity index (χ4n) is 5.07.